The first-order valence-corrected chi connectivity index (χ1v) is 13.2. The van der Waals surface area contributed by atoms with Gasteiger partial charge in [-0.05, 0) is 63.2 Å². The van der Waals surface area contributed by atoms with Crippen molar-refractivity contribution in [3.8, 4) is 0 Å². The number of sulfonamides is 1. The van der Waals surface area contributed by atoms with E-state index in [0.29, 0.717) is 18.3 Å². The second-order valence-corrected chi connectivity index (χ2v) is 10.9. The molecule has 0 amide bonds. The number of rotatable bonds is 7. The molecule has 1 aromatic heterocycles. The minimum absolute atomic E-state index is 0.101. The van der Waals surface area contributed by atoms with Gasteiger partial charge < -0.3 is 4.42 Å². The minimum atomic E-state index is -3.28. The Morgan fingerprint density at radius 2 is 1.61 bits per heavy atom. The number of piperidine rings is 2. The quantitative estimate of drug-likeness (QED) is 0.642. The zero-order chi connectivity index (χ0) is 21.8. The highest BCUT2D eigenvalue weighted by Crippen LogP contribution is 2.35. The number of nitrogens with zero attached hydrogens (tertiary/aromatic N) is 4. The molecule has 2 saturated heterocycles. The third-order valence-corrected chi connectivity index (χ3v) is 8.57. The lowest BCUT2D eigenvalue weighted by atomic mass is 9.96. The summed E-state index contributed by atoms with van der Waals surface area (Å²) in [4.78, 5) is 2.48. The summed E-state index contributed by atoms with van der Waals surface area (Å²) in [6, 6.07) is 8.58. The molecule has 4 rings (SSSR count). The standard InChI is InChI=1S/C23H34N4O3S/c1-3-18-8-10-19(11-9-18)17-26-15-12-20(13-16-26)22-24-25-23(30-22)21-7-5-6-14-27(21)31(28,29)4-2/h8-11,20-21H,3-7,12-17H2,1-2H3. The van der Waals surface area contributed by atoms with E-state index in [2.05, 4.69) is 46.3 Å². The van der Waals surface area contributed by atoms with Crippen LogP contribution in [0.2, 0.25) is 0 Å². The second kappa shape index (κ2) is 9.79. The number of likely N-dealkylation sites (tertiary alicyclic amines) is 1. The van der Waals surface area contributed by atoms with Gasteiger partial charge in [-0.2, -0.15) is 4.31 Å². The highest BCUT2D eigenvalue weighted by atomic mass is 32.2. The Bertz CT molecular complexity index is 949. The summed E-state index contributed by atoms with van der Waals surface area (Å²) >= 11 is 0. The molecule has 2 aromatic rings. The van der Waals surface area contributed by atoms with Gasteiger partial charge in [-0.3, -0.25) is 4.90 Å². The first kappa shape index (κ1) is 22.4. The monoisotopic (exact) mass is 446 g/mol. The van der Waals surface area contributed by atoms with Gasteiger partial charge in [-0.25, -0.2) is 8.42 Å². The number of aromatic nitrogens is 2. The van der Waals surface area contributed by atoms with Gasteiger partial charge >= 0.3 is 0 Å². The van der Waals surface area contributed by atoms with E-state index in [4.69, 9.17) is 4.42 Å². The van der Waals surface area contributed by atoms with Gasteiger partial charge in [0.25, 0.3) is 0 Å². The van der Waals surface area contributed by atoms with Crippen molar-refractivity contribution in [2.45, 2.75) is 70.9 Å². The number of hydrogen-bond donors (Lipinski definition) is 0. The van der Waals surface area contributed by atoms with Crippen molar-refractivity contribution in [2.75, 3.05) is 25.4 Å². The van der Waals surface area contributed by atoms with E-state index in [1.807, 2.05) is 0 Å². The summed E-state index contributed by atoms with van der Waals surface area (Å²) in [6.45, 7) is 7.37. The van der Waals surface area contributed by atoms with Gasteiger partial charge in [0, 0.05) is 19.0 Å². The molecule has 0 radical (unpaired) electrons. The predicted octanol–water partition coefficient (Wildman–Crippen LogP) is 3.89. The van der Waals surface area contributed by atoms with Crippen LogP contribution < -0.4 is 0 Å². The van der Waals surface area contributed by atoms with Gasteiger partial charge in [0.05, 0.1) is 5.75 Å². The van der Waals surface area contributed by atoms with E-state index in [0.717, 1.165) is 58.2 Å². The fourth-order valence-corrected chi connectivity index (χ4v) is 6.00. The molecule has 8 heteroatoms. The van der Waals surface area contributed by atoms with Gasteiger partial charge in [0.2, 0.25) is 21.8 Å². The van der Waals surface area contributed by atoms with Crippen LogP contribution in [0.3, 0.4) is 0 Å². The second-order valence-electron chi connectivity index (χ2n) is 8.72. The molecule has 0 N–H and O–H groups in total. The van der Waals surface area contributed by atoms with E-state index in [1.165, 1.54) is 11.1 Å². The van der Waals surface area contributed by atoms with Crippen LogP contribution in [0.1, 0.15) is 80.8 Å². The van der Waals surface area contributed by atoms with Crippen LogP contribution in [0.5, 0.6) is 0 Å². The summed E-state index contributed by atoms with van der Waals surface area (Å²) in [5, 5.41) is 8.61. The lowest BCUT2D eigenvalue weighted by Crippen LogP contribution is -2.39. The summed E-state index contributed by atoms with van der Waals surface area (Å²) in [5.41, 5.74) is 2.73. The van der Waals surface area contributed by atoms with Crippen molar-refractivity contribution in [1.29, 1.82) is 0 Å². The Kier molecular flexibility index (Phi) is 7.08. The third kappa shape index (κ3) is 5.18. The highest BCUT2D eigenvalue weighted by Gasteiger charge is 2.36. The summed E-state index contributed by atoms with van der Waals surface area (Å²) < 4.78 is 32.6. The molecule has 0 bridgehead atoms. The van der Waals surface area contributed by atoms with Crippen molar-refractivity contribution in [3.05, 3.63) is 47.2 Å². The number of hydrogen-bond acceptors (Lipinski definition) is 6. The molecule has 1 atom stereocenters. The molecular weight excluding hydrogens is 412 g/mol. The maximum absolute atomic E-state index is 12.5. The minimum Gasteiger partial charge on any atom is -0.423 e. The highest BCUT2D eigenvalue weighted by molar-refractivity contribution is 7.89. The molecule has 1 unspecified atom stereocenters. The Balaban J connectivity index is 1.36. The molecule has 0 aliphatic carbocycles. The van der Waals surface area contributed by atoms with Crippen LogP contribution in [0.25, 0.3) is 0 Å². The van der Waals surface area contributed by atoms with E-state index >= 15 is 0 Å². The molecule has 0 saturated carbocycles. The Hall–Kier alpha value is -1.77. The molecule has 31 heavy (non-hydrogen) atoms. The van der Waals surface area contributed by atoms with E-state index < -0.39 is 10.0 Å². The van der Waals surface area contributed by atoms with Crippen LogP contribution in [0.15, 0.2) is 28.7 Å². The first-order chi connectivity index (χ1) is 15.0. The fourth-order valence-electron chi connectivity index (χ4n) is 4.67. The molecule has 2 aliphatic heterocycles. The zero-order valence-electron chi connectivity index (χ0n) is 18.7. The molecule has 170 valence electrons. The summed E-state index contributed by atoms with van der Waals surface area (Å²) in [5.74, 6) is 1.48. The van der Waals surface area contributed by atoms with Crippen molar-refractivity contribution in [1.82, 2.24) is 19.4 Å². The number of aryl methyl sites for hydroxylation is 1. The lowest BCUT2D eigenvalue weighted by Gasteiger charge is -2.32. The first-order valence-electron chi connectivity index (χ1n) is 11.6. The SMILES string of the molecule is CCc1ccc(CN2CCC(c3nnc(C4CCCCN4S(=O)(=O)CC)o3)CC2)cc1. The van der Waals surface area contributed by atoms with Gasteiger partial charge in [0.15, 0.2) is 0 Å². The molecule has 3 heterocycles. The van der Waals surface area contributed by atoms with Crippen molar-refractivity contribution >= 4 is 10.0 Å². The van der Waals surface area contributed by atoms with Gasteiger partial charge in [-0.15, -0.1) is 10.2 Å². The molecule has 7 nitrogen and oxygen atoms in total. The Morgan fingerprint density at radius 3 is 2.29 bits per heavy atom. The summed E-state index contributed by atoms with van der Waals surface area (Å²) in [7, 11) is -3.28. The predicted molar refractivity (Wildman–Crippen MR) is 120 cm³/mol. The maximum atomic E-state index is 12.5. The zero-order valence-corrected chi connectivity index (χ0v) is 19.5. The fraction of sp³-hybridized carbons (Fsp3) is 0.652. The van der Waals surface area contributed by atoms with Crippen LogP contribution in [-0.2, 0) is 23.0 Å². The largest absolute Gasteiger partial charge is 0.423 e. The van der Waals surface area contributed by atoms with E-state index in [1.54, 1.807) is 11.2 Å². The van der Waals surface area contributed by atoms with Crippen molar-refractivity contribution < 1.29 is 12.8 Å². The average molecular weight is 447 g/mol. The Morgan fingerprint density at radius 1 is 0.935 bits per heavy atom. The topological polar surface area (TPSA) is 79.5 Å². The lowest BCUT2D eigenvalue weighted by molar-refractivity contribution is 0.184. The normalized spacial score (nSPS) is 22.1. The van der Waals surface area contributed by atoms with Gasteiger partial charge in [0.1, 0.15) is 6.04 Å². The molecule has 2 aliphatic rings. The van der Waals surface area contributed by atoms with Crippen molar-refractivity contribution in [2.24, 2.45) is 0 Å². The molecule has 0 spiro atoms. The van der Waals surface area contributed by atoms with Crippen LogP contribution in [0.4, 0.5) is 0 Å². The average Bonchev–Trinajstić information content (AvgIpc) is 3.30. The van der Waals surface area contributed by atoms with E-state index in [-0.39, 0.29) is 17.7 Å². The van der Waals surface area contributed by atoms with Crippen LogP contribution >= 0.6 is 0 Å². The number of benzene rings is 1. The summed E-state index contributed by atoms with van der Waals surface area (Å²) in [6.07, 6.45) is 5.65. The van der Waals surface area contributed by atoms with Crippen LogP contribution in [-0.4, -0.2) is 53.2 Å². The molecule has 2 fully saturated rings. The molecular formula is C23H34N4O3S. The Labute approximate surface area is 185 Å². The molecule has 1 aromatic carbocycles. The van der Waals surface area contributed by atoms with E-state index in [9.17, 15) is 8.42 Å². The van der Waals surface area contributed by atoms with Crippen LogP contribution in [0, 0.1) is 0 Å². The third-order valence-electron chi connectivity index (χ3n) is 6.69. The van der Waals surface area contributed by atoms with Gasteiger partial charge in [-0.1, -0.05) is 37.6 Å². The van der Waals surface area contributed by atoms with Crippen molar-refractivity contribution in [3.63, 3.8) is 0 Å². The smallest absolute Gasteiger partial charge is 0.234 e. The maximum Gasteiger partial charge on any atom is 0.234 e.